The van der Waals surface area contributed by atoms with Gasteiger partial charge in [-0.1, -0.05) is 36.4 Å². The molecule has 0 unspecified atom stereocenters. The first-order valence-corrected chi connectivity index (χ1v) is 5.40. The summed E-state index contributed by atoms with van der Waals surface area (Å²) in [6, 6.07) is 8.62. The molecular weight excluding hydrogens is 184 g/mol. The third kappa shape index (κ3) is 1.71. The lowest BCUT2D eigenvalue weighted by Crippen LogP contribution is -2.41. The zero-order valence-electron chi connectivity index (χ0n) is 9.38. The number of nitrogens with one attached hydrogen (secondary N) is 2. The number of hydrogen-bond acceptors (Lipinski definition) is 2. The van der Waals surface area contributed by atoms with Crippen LogP contribution in [-0.2, 0) is 5.41 Å². The molecule has 0 saturated carbocycles. The number of rotatable bonds is 4. The molecule has 1 aliphatic rings. The van der Waals surface area contributed by atoms with Gasteiger partial charge in [-0.3, -0.25) is 0 Å². The summed E-state index contributed by atoms with van der Waals surface area (Å²) in [6.45, 7) is 1.95. The van der Waals surface area contributed by atoms with Crippen molar-refractivity contribution >= 4 is 6.08 Å². The summed E-state index contributed by atoms with van der Waals surface area (Å²) in [5.41, 5.74) is 2.90. The van der Waals surface area contributed by atoms with Gasteiger partial charge in [0.1, 0.15) is 0 Å². The molecule has 0 saturated heterocycles. The quantitative estimate of drug-likeness (QED) is 0.771. The molecule has 2 N–H and O–H groups in total. The Morgan fingerprint density at radius 1 is 1.07 bits per heavy atom. The summed E-state index contributed by atoms with van der Waals surface area (Å²) in [5.74, 6) is 0. The highest BCUT2D eigenvalue weighted by atomic mass is 14.9. The summed E-state index contributed by atoms with van der Waals surface area (Å²) in [7, 11) is 4.01. The van der Waals surface area contributed by atoms with Gasteiger partial charge in [0.15, 0.2) is 0 Å². The highest BCUT2D eigenvalue weighted by molar-refractivity contribution is 5.65. The highest BCUT2D eigenvalue weighted by Gasteiger charge is 2.33. The molecule has 2 rings (SSSR count). The van der Waals surface area contributed by atoms with Crippen molar-refractivity contribution in [1.82, 2.24) is 10.6 Å². The third-order valence-corrected chi connectivity index (χ3v) is 3.06. The Morgan fingerprint density at radius 3 is 2.40 bits per heavy atom. The molecule has 1 aromatic carbocycles. The Labute approximate surface area is 91.4 Å². The molecule has 0 bridgehead atoms. The van der Waals surface area contributed by atoms with Crippen LogP contribution in [0.1, 0.15) is 11.1 Å². The largest absolute Gasteiger partial charge is 0.318 e. The molecule has 80 valence electrons. The van der Waals surface area contributed by atoms with Gasteiger partial charge >= 0.3 is 0 Å². The van der Waals surface area contributed by atoms with Crippen LogP contribution >= 0.6 is 0 Å². The van der Waals surface area contributed by atoms with Gasteiger partial charge in [0.05, 0.1) is 0 Å². The van der Waals surface area contributed by atoms with Crippen molar-refractivity contribution in [2.45, 2.75) is 5.41 Å². The molecule has 0 heterocycles. The summed E-state index contributed by atoms with van der Waals surface area (Å²) >= 11 is 0. The van der Waals surface area contributed by atoms with Crippen molar-refractivity contribution < 1.29 is 0 Å². The molecule has 2 heteroatoms. The van der Waals surface area contributed by atoms with E-state index in [-0.39, 0.29) is 5.41 Å². The van der Waals surface area contributed by atoms with Gasteiger partial charge in [-0.05, 0) is 25.2 Å². The lowest BCUT2D eigenvalue weighted by atomic mass is 9.82. The zero-order chi connectivity index (χ0) is 10.7. The van der Waals surface area contributed by atoms with Crippen molar-refractivity contribution in [2.75, 3.05) is 27.2 Å². The lowest BCUT2D eigenvalue weighted by Gasteiger charge is -2.28. The van der Waals surface area contributed by atoms with E-state index in [0.717, 1.165) is 13.1 Å². The standard InChI is InChI=1S/C13H18N2/c1-14-9-13(10-15-2)8-7-11-5-3-4-6-12(11)13/h3-8,14-15H,9-10H2,1-2H3. The molecule has 15 heavy (non-hydrogen) atoms. The molecule has 0 radical (unpaired) electrons. The second kappa shape index (κ2) is 4.17. The second-order valence-corrected chi connectivity index (χ2v) is 4.14. The molecule has 0 fully saturated rings. The van der Waals surface area contributed by atoms with Crippen LogP contribution in [0, 0.1) is 0 Å². The van der Waals surface area contributed by atoms with E-state index in [1.54, 1.807) is 0 Å². The van der Waals surface area contributed by atoms with Gasteiger partial charge in [-0.25, -0.2) is 0 Å². The van der Waals surface area contributed by atoms with E-state index < -0.39 is 0 Å². The van der Waals surface area contributed by atoms with E-state index in [1.807, 2.05) is 14.1 Å². The van der Waals surface area contributed by atoms with Gasteiger partial charge < -0.3 is 10.6 Å². The Balaban J connectivity index is 2.39. The number of likely N-dealkylation sites (N-methyl/N-ethyl adjacent to an activating group) is 2. The topological polar surface area (TPSA) is 24.1 Å². The normalized spacial score (nSPS) is 16.7. The van der Waals surface area contributed by atoms with Crippen LogP contribution in [0.15, 0.2) is 30.3 Å². The second-order valence-electron chi connectivity index (χ2n) is 4.14. The zero-order valence-corrected chi connectivity index (χ0v) is 9.38. The summed E-state index contributed by atoms with van der Waals surface area (Å²) in [6.07, 6.45) is 4.54. The summed E-state index contributed by atoms with van der Waals surface area (Å²) in [5, 5.41) is 6.57. The minimum Gasteiger partial charge on any atom is -0.318 e. The molecule has 0 aromatic heterocycles. The van der Waals surface area contributed by atoms with Crippen LogP contribution < -0.4 is 10.6 Å². The first-order chi connectivity index (χ1) is 7.32. The van der Waals surface area contributed by atoms with Crippen LogP contribution in [0.25, 0.3) is 6.08 Å². The van der Waals surface area contributed by atoms with Crippen molar-refractivity contribution in [3.63, 3.8) is 0 Å². The Kier molecular flexibility index (Phi) is 2.89. The monoisotopic (exact) mass is 202 g/mol. The molecule has 1 aromatic rings. The molecule has 0 atom stereocenters. The van der Waals surface area contributed by atoms with Crippen molar-refractivity contribution in [3.8, 4) is 0 Å². The van der Waals surface area contributed by atoms with Crippen LogP contribution in [0.3, 0.4) is 0 Å². The van der Waals surface area contributed by atoms with Gasteiger partial charge in [-0.15, -0.1) is 0 Å². The van der Waals surface area contributed by atoms with Crippen LogP contribution in [-0.4, -0.2) is 27.2 Å². The van der Waals surface area contributed by atoms with E-state index in [1.165, 1.54) is 11.1 Å². The fourth-order valence-electron chi connectivity index (χ4n) is 2.44. The highest BCUT2D eigenvalue weighted by Crippen LogP contribution is 2.34. The molecular formula is C13H18N2. The molecule has 0 amide bonds. The van der Waals surface area contributed by atoms with E-state index in [2.05, 4.69) is 47.1 Å². The Bertz CT molecular complexity index is 363. The first-order valence-electron chi connectivity index (χ1n) is 5.40. The molecule has 1 aliphatic carbocycles. The maximum atomic E-state index is 3.28. The van der Waals surface area contributed by atoms with E-state index in [0.29, 0.717) is 0 Å². The summed E-state index contributed by atoms with van der Waals surface area (Å²) in [4.78, 5) is 0. The smallest absolute Gasteiger partial charge is 0.0390 e. The number of fused-ring (bicyclic) bond motifs is 1. The van der Waals surface area contributed by atoms with E-state index in [9.17, 15) is 0 Å². The van der Waals surface area contributed by atoms with E-state index >= 15 is 0 Å². The Hall–Kier alpha value is -1.12. The number of benzene rings is 1. The minimum absolute atomic E-state index is 0.125. The average molecular weight is 202 g/mol. The molecule has 0 spiro atoms. The predicted molar refractivity (Wildman–Crippen MR) is 65.0 cm³/mol. The lowest BCUT2D eigenvalue weighted by molar-refractivity contribution is 0.485. The van der Waals surface area contributed by atoms with Gasteiger partial charge in [0.25, 0.3) is 0 Å². The minimum atomic E-state index is 0.125. The first kappa shape index (κ1) is 10.4. The van der Waals surface area contributed by atoms with Crippen molar-refractivity contribution in [1.29, 1.82) is 0 Å². The average Bonchev–Trinajstić information content (AvgIpc) is 2.60. The molecule has 0 aliphatic heterocycles. The van der Waals surface area contributed by atoms with E-state index in [4.69, 9.17) is 0 Å². The number of hydrogen-bond donors (Lipinski definition) is 2. The predicted octanol–water partition coefficient (Wildman–Crippen LogP) is 1.39. The van der Waals surface area contributed by atoms with Gasteiger partial charge in [-0.2, -0.15) is 0 Å². The van der Waals surface area contributed by atoms with Gasteiger partial charge in [0, 0.05) is 18.5 Å². The summed E-state index contributed by atoms with van der Waals surface area (Å²) < 4.78 is 0. The van der Waals surface area contributed by atoms with Crippen molar-refractivity contribution in [2.24, 2.45) is 0 Å². The Morgan fingerprint density at radius 2 is 1.73 bits per heavy atom. The van der Waals surface area contributed by atoms with Crippen LogP contribution in [0.5, 0.6) is 0 Å². The fourth-order valence-corrected chi connectivity index (χ4v) is 2.44. The maximum Gasteiger partial charge on any atom is 0.0390 e. The fraction of sp³-hybridized carbons (Fsp3) is 0.385. The molecule has 2 nitrogen and oxygen atoms in total. The van der Waals surface area contributed by atoms with Crippen LogP contribution in [0.4, 0.5) is 0 Å². The van der Waals surface area contributed by atoms with Gasteiger partial charge in [0.2, 0.25) is 0 Å². The van der Waals surface area contributed by atoms with Crippen LogP contribution in [0.2, 0.25) is 0 Å². The maximum absolute atomic E-state index is 3.28. The third-order valence-electron chi connectivity index (χ3n) is 3.06. The SMILES string of the molecule is CNCC1(CNC)C=Cc2ccccc21. The van der Waals surface area contributed by atoms with Crippen molar-refractivity contribution in [3.05, 3.63) is 41.5 Å².